The summed E-state index contributed by atoms with van der Waals surface area (Å²) in [5.74, 6) is 0. The molecule has 2 nitrogen and oxygen atoms in total. The van der Waals surface area contributed by atoms with Gasteiger partial charge in [-0.15, -0.1) is 11.3 Å². The van der Waals surface area contributed by atoms with Crippen molar-refractivity contribution in [2.45, 2.75) is 17.2 Å². The summed E-state index contributed by atoms with van der Waals surface area (Å²) in [5.41, 5.74) is 0.605. The molecule has 1 atom stereocenters. The second-order valence-electron chi connectivity index (χ2n) is 3.27. The Labute approximate surface area is 103 Å². The van der Waals surface area contributed by atoms with Crippen LogP contribution in [-0.2, 0) is 0 Å². The summed E-state index contributed by atoms with van der Waals surface area (Å²) in [7, 11) is 0. The fourth-order valence-corrected chi connectivity index (χ4v) is 3.07. The molecule has 0 aliphatic carbocycles. The number of pyridine rings is 1. The van der Waals surface area contributed by atoms with Gasteiger partial charge in [0.1, 0.15) is 6.07 Å². The summed E-state index contributed by atoms with van der Waals surface area (Å²) in [6.07, 6.45) is 1.61. The summed E-state index contributed by atoms with van der Waals surface area (Å²) in [4.78, 5) is 5.59. The van der Waals surface area contributed by atoms with Crippen LogP contribution >= 0.6 is 23.1 Å². The highest BCUT2D eigenvalue weighted by Gasteiger charge is 2.08. The van der Waals surface area contributed by atoms with Crippen molar-refractivity contribution in [3.63, 3.8) is 0 Å². The molecule has 0 fully saturated rings. The molecule has 2 aromatic heterocycles. The van der Waals surface area contributed by atoms with Crippen molar-refractivity contribution in [2.75, 3.05) is 0 Å². The van der Waals surface area contributed by atoms with Crippen LogP contribution in [0, 0.1) is 11.3 Å². The summed E-state index contributed by atoms with van der Waals surface area (Å²) in [6.45, 7) is 2.16. The zero-order valence-corrected chi connectivity index (χ0v) is 10.4. The first-order valence-corrected chi connectivity index (χ1v) is 6.62. The number of hydrogen-bond donors (Lipinski definition) is 0. The van der Waals surface area contributed by atoms with Crippen LogP contribution in [0.5, 0.6) is 0 Å². The van der Waals surface area contributed by atoms with Crippen LogP contribution in [0.2, 0.25) is 0 Å². The fourth-order valence-electron chi connectivity index (χ4n) is 1.28. The van der Waals surface area contributed by atoms with E-state index < -0.39 is 0 Å². The second-order valence-corrected chi connectivity index (χ2v) is 5.61. The van der Waals surface area contributed by atoms with Crippen LogP contribution in [0.15, 0.2) is 40.9 Å². The van der Waals surface area contributed by atoms with E-state index in [-0.39, 0.29) is 0 Å². The van der Waals surface area contributed by atoms with E-state index in [9.17, 15) is 0 Å². The lowest BCUT2D eigenvalue weighted by Gasteiger charge is -2.07. The summed E-state index contributed by atoms with van der Waals surface area (Å²) in [6, 6.07) is 9.95. The minimum absolute atomic E-state index is 0.403. The molecule has 4 heteroatoms. The smallest absolute Gasteiger partial charge is 0.101 e. The van der Waals surface area contributed by atoms with Gasteiger partial charge in [0.2, 0.25) is 0 Å². The van der Waals surface area contributed by atoms with Gasteiger partial charge in [-0.25, -0.2) is 4.98 Å². The molecular formula is C12H10N2S2. The molecule has 2 rings (SSSR count). The van der Waals surface area contributed by atoms with Crippen LogP contribution < -0.4 is 0 Å². The lowest BCUT2D eigenvalue weighted by Crippen LogP contribution is -1.86. The van der Waals surface area contributed by atoms with Gasteiger partial charge in [-0.3, -0.25) is 0 Å². The maximum absolute atomic E-state index is 8.67. The molecule has 0 saturated carbocycles. The number of aromatic nitrogens is 1. The number of hydrogen-bond acceptors (Lipinski definition) is 4. The highest BCUT2D eigenvalue weighted by Crippen LogP contribution is 2.35. The van der Waals surface area contributed by atoms with Crippen molar-refractivity contribution in [1.29, 1.82) is 5.26 Å². The van der Waals surface area contributed by atoms with Crippen LogP contribution in [0.25, 0.3) is 0 Å². The van der Waals surface area contributed by atoms with Crippen molar-refractivity contribution in [3.8, 4) is 6.07 Å². The number of nitriles is 1. The average molecular weight is 246 g/mol. The zero-order valence-electron chi connectivity index (χ0n) is 8.75. The highest BCUT2D eigenvalue weighted by atomic mass is 32.2. The Hall–Kier alpha value is -1.31. The van der Waals surface area contributed by atoms with Gasteiger partial charge in [0.25, 0.3) is 0 Å². The predicted molar refractivity (Wildman–Crippen MR) is 67.5 cm³/mol. The molecule has 0 spiro atoms. The number of thioether (sulfide) groups is 1. The summed E-state index contributed by atoms with van der Waals surface area (Å²) >= 11 is 3.47. The lowest BCUT2D eigenvalue weighted by molar-refractivity contribution is 1.08. The quantitative estimate of drug-likeness (QED) is 0.771. The third kappa shape index (κ3) is 2.63. The van der Waals surface area contributed by atoms with E-state index in [1.165, 1.54) is 4.88 Å². The first kappa shape index (κ1) is 11.2. The van der Waals surface area contributed by atoms with Gasteiger partial charge in [-0.1, -0.05) is 17.8 Å². The number of thiophene rings is 1. The van der Waals surface area contributed by atoms with Crippen LogP contribution in [-0.4, -0.2) is 4.98 Å². The van der Waals surface area contributed by atoms with Crippen LogP contribution in [0.1, 0.15) is 22.6 Å². The molecule has 0 saturated heterocycles. The Morgan fingerprint density at radius 3 is 2.88 bits per heavy atom. The van der Waals surface area contributed by atoms with E-state index >= 15 is 0 Å². The largest absolute Gasteiger partial charge is 0.249 e. The molecule has 16 heavy (non-hydrogen) atoms. The molecule has 0 aromatic carbocycles. The van der Waals surface area contributed by atoms with Gasteiger partial charge in [-0.2, -0.15) is 5.26 Å². The van der Waals surface area contributed by atoms with E-state index in [1.54, 1.807) is 35.4 Å². The molecule has 1 unspecified atom stereocenters. The molecule has 80 valence electrons. The molecule has 0 N–H and O–H groups in total. The minimum atomic E-state index is 0.403. The van der Waals surface area contributed by atoms with E-state index in [0.29, 0.717) is 10.8 Å². The van der Waals surface area contributed by atoms with E-state index in [1.807, 2.05) is 6.07 Å². The van der Waals surface area contributed by atoms with Crippen molar-refractivity contribution < 1.29 is 0 Å². The Bertz CT molecular complexity index is 483. The molecular weight excluding hydrogens is 236 g/mol. The summed E-state index contributed by atoms with van der Waals surface area (Å²) < 4.78 is 0. The number of nitrogens with zero attached hydrogens (tertiary/aromatic N) is 2. The first-order valence-electron chi connectivity index (χ1n) is 4.86. The van der Waals surface area contributed by atoms with Gasteiger partial charge in [0.15, 0.2) is 0 Å². The van der Waals surface area contributed by atoms with Crippen LogP contribution in [0.4, 0.5) is 0 Å². The molecule has 0 aliphatic rings. The standard InChI is InChI=1S/C12H10N2S2/c1-9(11-3-2-6-15-11)16-12-5-4-10(7-13)8-14-12/h2-6,8-9H,1H3. The Morgan fingerprint density at radius 2 is 2.31 bits per heavy atom. The predicted octanol–water partition coefficient (Wildman–Crippen LogP) is 3.87. The van der Waals surface area contributed by atoms with Crippen molar-refractivity contribution >= 4 is 23.1 Å². The van der Waals surface area contributed by atoms with Crippen LogP contribution in [0.3, 0.4) is 0 Å². The van der Waals surface area contributed by atoms with Gasteiger partial charge >= 0.3 is 0 Å². The Balaban J connectivity index is 2.07. The van der Waals surface area contributed by atoms with E-state index in [0.717, 1.165) is 5.03 Å². The maximum atomic E-state index is 8.67. The fraction of sp³-hybridized carbons (Fsp3) is 0.167. The molecule has 0 radical (unpaired) electrons. The summed E-state index contributed by atoms with van der Waals surface area (Å²) in [5, 5.41) is 12.1. The minimum Gasteiger partial charge on any atom is -0.249 e. The monoisotopic (exact) mass is 246 g/mol. The SMILES string of the molecule is CC(Sc1ccc(C#N)cn1)c1cccs1. The Morgan fingerprint density at radius 1 is 1.44 bits per heavy atom. The maximum Gasteiger partial charge on any atom is 0.101 e. The third-order valence-electron chi connectivity index (χ3n) is 2.11. The Kier molecular flexibility index (Phi) is 3.60. The van der Waals surface area contributed by atoms with Crippen molar-refractivity contribution in [1.82, 2.24) is 4.98 Å². The molecule has 0 bridgehead atoms. The normalized spacial score (nSPS) is 12.0. The lowest BCUT2D eigenvalue weighted by atomic mass is 10.3. The van der Waals surface area contributed by atoms with Gasteiger partial charge in [0, 0.05) is 16.3 Å². The van der Waals surface area contributed by atoms with Gasteiger partial charge in [0.05, 0.1) is 10.6 Å². The second kappa shape index (κ2) is 5.15. The average Bonchev–Trinajstić information content (AvgIpc) is 2.83. The number of rotatable bonds is 3. The molecule has 0 amide bonds. The highest BCUT2D eigenvalue weighted by molar-refractivity contribution is 7.99. The van der Waals surface area contributed by atoms with E-state index in [2.05, 4.69) is 35.5 Å². The molecule has 2 heterocycles. The third-order valence-corrected chi connectivity index (χ3v) is 4.40. The van der Waals surface area contributed by atoms with Crippen molar-refractivity contribution in [3.05, 3.63) is 46.3 Å². The van der Waals surface area contributed by atoms with Gasteiger partial charge < -0.3 is 0 Å². The molecule has 2 aromatic rings. The first-order chi connectivity index (χ1) is 7.79. The topological polar surface area (TPSA) is 36.7 Å². The zero-order chi connectivity index (χ0) is 11.4. The van der Waals surface area contributed by atoms with Crippen molar-refractivity contribution in [2.24, 2.45) is 0 Å². The van der Waals surface area contributed by atoms with Gasteiger partial charge in [-0.05, 0) is 30.5 Å². The van der Waals surface area contributed by atoms with E-state index in [4.69, 9.17) is 5.26 Å². The molecule has 0 aliphatic heterocycles.